The fourth-order valence-electron chi connectivity index (χ4n) is 2.42. The van der Waals surface area contributed by atoms with Crippen LogP contribution in [0, 0.1) is 5.92 Å². The average Bonchev–Trinajstić information content (AvgIpc) is 2.85. The topological polar surface area (TPSA) is 66.8 Å². The standard InChI is InChI=1S/C13H17NO4S/c1-18-10-4-6-19-12(10)13(17)14-5-2-3-9(8-14)7-11(15)16/h4,6,9H,2-3,5,7-8H2,1H3,(H,15,16). The number of amides is 1. The smallest absolute Gasteiger partial charge is 0.303 e. The number of rotatable bonds is 4. The summed E-state index contributed by atoms with van der Waals surface area (Å²) in [6, 6.07) is 1.77. The van der Waals surface area contributed by atoms with Crippen LogP contribution < -0.4 is 4.74 Å². The van der Waals surface area contributed by atoms with Gasteiger partial charge in [0.05, 0.1) is 7.11 Å². The van der Waals surface area contributed by atoms with Crippen molar-refractivity contribution in [2.24, 2.45) is 5.92 Å². The molecule has 0 radical (unpaired) electrons. The van der Waals surface area contributed by atoms with Gasteiger partial charge in [-0.2, -0.15) is 0 Å². The van der Waals surface area contributed by atoms with E-state index in [0.29, 0.717) is 23.7 Å². The van der Waals surface area contributed by atoms with Crippen LogP contribution in [0.2, 0.25) is 0 Å². The van der Waals surface area contributed by atoms with E-state index in [9.17, 15) is 9.59 Å². The Bertz CT molecular complexity index is 471. The summed E-state index contributed by atoms with van der Waals surface area (Å²) in [4.78, 5) is 25.5. The zero-order chi connectivity index (χ0) is 13.8. The molecular formula is C13H17NO4S. The fourth-order valence-corrected chi connectivity index (χ4v) is 3.25. The van der Waals surface area contributed by atoms with Crippen LogP contribution in [0.4, 0.5) is 0 Å². The lowest BCUT2D eigenvalue weighted by Gasteiger charge is -2.31. The van der Waals surface area contributed by atoms with E-state index in [0.717, 1.165) is 12.8 Å². The third-order valence-electron chi connectivity index (χ3n) is 3.31. The number of carboxylic acid groups (broad SMARTS) is 1. The summed E-state index contributed by atoms with van der Waals surface area (Å²) in [5.41, 5.74) is 0. The lowest BCUT2D eigenvalue weighted by atomic mass is 9.95. The Morgan fingerprint density at radius 3 is 3.05 bits per heavy atom. The first kappa shape index (κ1) is 13.9. The normalized spacial score (nSPS) is 19.2. The third-order valence-corrected chi connectivity index (χ3v) is 4.20. The number of methoxy groups -OCH3 is 1. The molecule has 104 valence electrons. The lowest BCUT2D eigenvalue weighted by molar-refractivity contribution is -0.138. The summed E-state index contributed by atoms with van der Waals surface area (Å²) in [7, 11) is 1.54. The second kappa shape index (κ2) is 6.06. The number of ether oxygens (including phenoxy) is 1. The lowest BCUT2D eigenvalue weighted by Crippen LogP contribution is -2.40. The van der Waals surface area contributed by atoms with Crippen LogP contribution in [0.3, 0.4) is 0 Å². The molecule has 1 N–H and O–H groups in total. The maximum absolute atomic E-state index is 12.4. The number of carboxylic acids is 1. The minimum absolute atomic E-state index is 0.0538. The number of carbonyl (C=O) groups excluding carboxylic acids is 1. The monoisotopic (exact) mass is 283 g/mol. The van der Waals surface area contributed by atoms with Gasteiger partial charge < -0.3 is 14.7 Å². The predicted octanol–water partition coefficient (Wildman–Crippen LogP) is 2.08. The molecule has 0 spiro atoms. The van der Waals surface area contributed by atoms with Gasteiger partial charge in [0.2, 0.25) is 0 Å². The Labute approximate surface area is 115 Å². The Morgan fingerprint density at radius 1 is 1.58 bits per heavy atom. The molecule has 0 saturated carbocycles. The van der Waals surface area contributed by atoms with Crippen LogP contribution in [-0.4, -0.2) is 42.1 Å². The van der Waals surface area contributed by atoms with E-state index in [2.05, 4.69) is 0 Å². The molecule has 1 fully saturated rings. The predicted molar refractivity (Wildman–Crippen MR) is 71.8 cm³/mol. The number of hydrogen-bond acceptors (Lipinski definition) is 4. The van der Waals surface area contributed by atoms with Crippen LogP contribution in [0.1, 0.15) is 28.9 Å². The molecule has 1 aromatic rings. The molecule has 1 amide bonds. The molecule has 0 aliphatic carbocycles. The first-order chi connectivity index (χ1) is 9.11. The zero-order valence-corrected chi connectivity index (χ0v) is 11.6. The molecule has 1 saturated heterocycles. The summed E-state index contributed by atoms with van der Waals surface area (Å²) in [6.45, 7) is 1.21. The van der Waals surface area contributed by atoms with Crippen LogP contribution in [-0.2, 0) is 4.79 Å². The van der Waals surface area contributed by atoms with Crippen molar-refractivity contribution in [2.75, 3.05) is 20.2 Å². The van der Waals surface area contributed by atoms with Gasteiger partial charge >= 0.3 is 5.97 Å². The van der Waals surface area contributed by atoms with E-state index in [4.69, 9.17) is 9.84 Å². The molecule has 19 heavy (non-hydrogen) atoms. The van der Waals surface area contributed by atoms with Crippen molar-refractivity contribution in [3.63, 3.8) is 0 Å². The molecule has 1 unspecified atom stereocenters. The van der Waals surface area contributed by atoms with Gasteiger partial charge in [-0.05, 0) is 30.2 Å². The number of hydrogen-bond donors (Lipinski definition) is 1. The van der Waals surface area contributed by atoms with Crippen molar-refractivity contribution in [1.82, 2.24) is 4.90 Å². The second-order valence-electron chi connectivity index (χ2n) is 4.68. The number of thiophene rings is 1. The molecular weight excluding hydrogens is 266 g/mol. The number of aliphatic carboxylic acids is 1. The average molecular weight is 283 g/mol. The highest BCUT2D eigenvalue weighted by Crippen LogP contribution is 2.28. The number of likely N-dealkylation sites (tertiary alicyclic amines) is 1. The van der Waals surface area contributed by atoms with E-state index in [-0.39, 0.29) is 18.2 Å². The van der Waals surface area contributed by atoms with Crippen molar-refractivity contribution in [1.29, 1.82) is 0 Å². The van der Waals surface area contributed by atoms with Crippen molar-refractivity contribution < 1.29 is 19.4 Å². The van der Waals surface area contributed by atoms with E-state index >= 15 is 0 Å². The second-order valence-corrected chi connectivity index (χ2v) is 5.59. The maximum Gasteiger partial charge on any atom is 0.303 e. The van der Waals surface area contributed by atoms with Gasteiger partial charge in [0, 0.05) is 19.5 Å². The maximum atomic E-state index is 12.4. The molecule has 0 bridgehead atoms. The molecule has 1 aliphatic heterocycles. The fraction of sp³-hybridized carbons (Fsp3) is 0.538. The minimum atomic E-state index is -0.798. The van der Waals surface area contributed by atoms with Crippen LogP contribution >= 0.6 is 11.3 Å². The highest BCUT2D eigenvalue weighted by atomic mass is 32.1. The highest BCUT2D eigenvalue weighted by Gasteiger charge is 2.27. The molecule has 5 nitrogen and oxygen atoms in total. The van der Waals surface area contributed by atoms with E-state index < -0.39 is 5.97 Å². The number of nitrogens with zero attached hydrogens (tertiary/aromatic N) is 1. The van der Waals surface area contributed by atoms with Gasteiger partial charge in [0.15, 0.2) is 0 Å². The zero-order valence-electron chi connectivity index (χ0n) is 10.8. The van der Waals surface area contributed by atoms with E-state index in [1.54, 1.807) is 18.1 Å². The third kappa shape index (κ3) is 3.26. The van der Waals surface area contributed by atoms with Gasteiger partial charge in [0.1, 0.15) is 10.6 Å². The SMILES string of the molecule is COc1ccsc1C(=O)N1CCCC(CC(=O)O)C1. The van der Waals surface area contributed by atoms with Gasteiger partial charge in [0.25, 0.3) is 5.91 Å². The Morgan fingerprint density at radius 2 is 2.37 bits per heavy atom. The number of carbonyl (C=O) groups is 2. The van der Waals surface area contributed by atoms with E-state index in [1.807, 2.05) is 5.38 Å². The minimum Gasteiger partial charge on any atom is -0.495 e. The quantitative estimate of drug-likeness (QED) is 0.918. The molecule has 1 aliphatic rings. The molecule has 1 atom stereocenters. The first-order valence-corrected chi connectivity index (χ1v) is 7.12. The molecule has 1 aromatic heterocycles. The van der Waals surface area contributed by atoms with Crippen LogP contribution in [0.5, 0.6) is 5.75 Å². The largest absolute Gasteiger partial charge is 0.495 e. The molecule has 6 heteroatoms. The van der Waals surface area contributed by atoms with Crippen molar-refractivity contribution in [2.45, 2.75) is 19.3 Å². The van der Waals surface area contributed by atoms with E-state index in [1.165, 1.54) is 11.3 Å². The van der Waals surface area contributed by atoms with Crippen LogP contribution in [0.25, 0.3) is 0 Å². The summed E-state index contributed by atoms with van der Waals surface area (Å²) >= 11 is 1.36. The van der Waals surface area contributed by atoms with Gasteiger partial charge in [-0.3, -0.25) is 9.59 Å². The van der Waals surface area contributed by atoms with Gasteiger partial charge in [-0.25, -0.2) is 0 Å². The Kier molecular flexibility index (Phi) is 4.42. The van der Waals surface area contributed by atoms with Gasteiger partial charge in [-0.1, -0.05) is 0 Å². The molecule has 0 aromatic carbocycles. The van der Waals surface area contributed by atoms with Crippen molar-refractivity contribution >= 4 is 23.2 Å². The Hall–Kier alpha value is -1.56. The summed E-state index contributed by atoms with van der Waals surface area (Å²) in [5, 5.41) is 10.7. The molecule has 2 rings (SSSR count). The summed E-state index contributed by atoms with van der Waals surface area (Å²) < 4.78 is 5.16. The summed E-state index contributed by atoms with van der Waals surface area (Å²) in [5.74, 6) is -0.202. The van der Waals surface area contributed by atoms with Crippen molar-refractivity contribution in [3.8, 4) is 5.75 Å². The van der Waals surface area contributed by atoms with Gasteiger partial charge in [-0.15, -0.1) is 11.3 Å². The van der Waals surface area contributed by atoms with Crippen LogP contribution in [0.15, 0.2) is 11.4 Å². The highest BCUT2D eigenvalue weighted by molar-refractivity contribution is 7.12. The first-order valence-electron chi connectivity index (χ1n) is 6.24. The van der Waals surface area contributed by atoms with Crippen molar-refractivity contribution in [3.05, 3.63) is 16.3 Å². The molecule has 2 heterocycles. The summed E-state index contributed by atoms with van der Waals surface area (Å²) in [6.07, 6.45) is 1.86. The number of piperidine rings is 1. The Balaban J connectivity index is 2.05.